The fourth-order valence-corrected chi connectivity index (χ4v) is 4.41. The molecule has 2 aromatic carbocycles. The Labute approximate surface area is 168 Å². The van der Waals surface area contributed by atoms with Gasteiger partial charge < -0.3 is 0 Å². The Balaban J connectivity index is 2.11. The first-order valence-electron chi connectivity index (χ1n) is 10.2. The molecule has 3 nitrogen and oxygen atoms in total. The van der Waals surface area contributed by atoms with Crippen LogP contribution in [0.2, 0.25) is 0 Å². The molecule has 0 radical (unpaired) electrons. The normalized spacial score (nSPS) is 13.3. The molecule has 0 aliphatic heterocycles. The molecule has 0 saturated carbocycles. The second-order valence-electron chi connectivity index (χ2n) is 7.78. The molecular weight excluding hydrogens is 367 g/mol. The maximum atomic E-state index is 14.0. The molecule has 3 heterocycles. The van der Waals surface area contributed by atoms with Crippen molar-refractivity contribution >= 4 is 39.5 Å². The molecule has 3 aromatic heterocycles. The van der Waals surface area contributed by atoms with E-state index in [1.165, 1.54) is 0 Å². The molecule has 0 spiro atoms. The van der Waals surface area contributed by atoms with Gasteiger partial charge in [-0.05, 0) is 0 Å². The minimum atomic E-state index is -2.41. The van der Waals surface area contributed by atoms with Crippen LogP contribution in [0.4, 0.5) is 8.78 Å². The first-order chi connectivity index (χ1) is 14.0. The summed E-state index contributed by atoms with van der Waals surface area (Å²) >= 11 is 0. The number of rotatable bonds is 4. The van der Waals surface area contributed by atoms with Crippen molar-refractivity contribution in [3.8, 4) is 0 Å². The van der Waals surface area contributed by atoms with Crippen LogP contribution in [0.3, 0.4) is 0 Å². The van der Waals surface area contributed by atoms with Gasteiger partial charge in [0, 0.05) is 0 Å². The molecule has 0 bridgehead atoms. The Kier molecular flexibility index (Phi) is 4.19. The molecule has 0 N–H and O–H groups in total. The third-order valence-corrected chi connectivity index (χ3v) is 5.95. The number of nitrogens with zero attached hydrogens (tertiary/aromatic N) is 3. The van der Waals surface area contributed by atoms with Crippen LogP contribution in [0.1, 0.15) is 43.0 Å². The van der Waals surface area contributed by atoms with Gasteiger partial charge >= 0.3 is 168 Å². The van der Waals surface area contributed by atoms with Crippen molar-refractivity contribution in [2.75, 3.05) is 0 Å². The van der Waals surface area contributed by atoms with Crippen LogP contribution in [-0.4, -0.2) is 27.4 Å². The molecule has 0 aliphatic rings. The molecule has 1 atom stereocenters. The van der Waals surface area contributed by atoms with Crippen LogP contribution in [0.15, 0.2) is 42.6 Å². The zero-order valence-electron chi connectivity index (χ0n) is 16.8. The molecule has 29 heavy (non-hydrogen) atoms. The Bertz CT molecular complexity index is 1380. The van der Waals surface area contributed by atoms with Gasteiger partial charge in [0.2, 0.25) is 0 Å². The Morgan fingerprint density at radius 3 is 2.66 bits per heavy atom. The molecule has 0 amide bonds. The van der Waals surface area contributed by atoms with E-state index in [-0.39, 0.29) is 0 Å². The van der Waals surface area contributed by atoms with Gasteiger partial charge in [-0.2, -0.15) is 0 Å². The van der Waals surface area contributed by atoms with Crippen molar-refractivity contribution in [1.29, 1.82) is 0 Å². The van der Waals surface area contributed by atoms with Crippen LogP contribution in [0.5, 0.6) is 0 Å². The van der Waals surface area contributed by atoms with Crippen LogP contribution >= 0.6 is 0 Å². The van der Waals surface area contributed by atoms with E-state index in [1.807, 2.05) is 35.8 Å². The van der Waals surface area contributed by atoms with Crippen molar-refractivity contribution in [2.24, 2.45) is 0 Å². The predicted octanol–water partition coefficient (Wildman–Crippen LogP) is 5.86. The van der Waals surface area contributed by atoms with Crippen molar-refractivity contribution in [3.63, 3.8) is 0 Å². The van der Waals surface area contributed by atoms with E-state index >= 15 is 0 Å². The summed E-state index contributed by atoms with van der Waals surface area (Å²) < 4.78 is 32.1. The monoisotopic (exact) mass is 389 g/mol. The number of aryl methyl sites for hydroxylation is 2. The molecular formula is C23H22BF2N3. The number of halogens is 2. The van der Waals surface area contributed by atoms with Crippen LogP contribution in [0, 0.1) is 6.92 Å². The van der Waals surface area contributed by atoms with Crippen molar-refractivity contribution in [1.82, 2.24) is 14.0 Å². The first kappa shape index (κ1) is 18.3. The number of alkyl halides is 2. The van der Waals surface area contributed by atoms with Gasteiger partial charge in [-0.15, -0.1) is 0 Å². The van der Waals surface area contributed by atoms with Gasteiger partial charge in [0.15, 0.2) is 0 Å². The molecule has 0 saturated heterocycles. The van der Waals surface area contributed by atoms with Crippen molar-refractivity contribution < 1.29 is 8.78 Å². The number of benzene rings is 2. The topological polar surface area (TPSA) is 21.7 Å². The van der Waals surface area contributed by atoms with E-state index in [9.17, 15) is 8.78 Å². The van der Waals surface area contributed by atoms with E-state index in [2.05, 4.69) is 43.4 Å². The van der Waals surface area contributed by atoms with Gasteiger partial charge in [0.25, 0.3) is 0 Å². The third-order valence-electron chi connectivity index (χ3n) is 5.95. The van der Waals surface area contributed by atoms with Gasteiger partial charge in [-0.3, -0.25) is 0 Å². The van der Waals surface area contributed by atoms with Gasteiger partial charge in [0.1, 0.15) is 0 Å². The Morgan fingerprint density at radius 1 is 1.10 bits per heavy atom. The average molecular weight is 389 g/mol. The second-order valence-corrected chi connectivity index (χ2v) is 7.78. The van der Waals surface area contributed by atoms with Gasteiger partial charge in [-0.25, -0.2) is 0 Å². The number of para-hydroxylation sites is 1. The van der Waals surface area contributed by atoms with E-state index in [1.54, 1.807) is 0 Å². The number of fused-ring (bicyclic) bond motifs is 7. The van der Waals surface area contributed by atoms with E-state index < -0.39 is 12.3 Å². The number of hydrogen-bond donors (Lipinski definition) is 0. The molecule has 1 unspecified atom stereocenters. The minimum absolute atomic E-state index is 0.388. The Hall–Kier alpha value is -2.76. The summed E-state index contributed by atoms with van der Waals surface area (Å²) in [5.41, 5.74) is 6.66. The molecule has 6 heteroatoms. The predicted molar refractivity (Wildman–Crippen MR) is 116 cm³/mol. The molecule has 0 aliphatic carbocycles. The summed E-state index contributed by atoms with van der Waals surface area (Å²) in [6.45, 7) is 8.11. The molecule has 146 valence electrons. The zero-order valence-corrected chi connectivity index (χ0v) is 16.8. The molecule has 5 rings (SSSR count). The molecule has 5 aromatic rings. The standard InChI is InChI=1S/C23H22BF2N3/c1-4-14(23(25)26)15-7-6-8-16-20-12-28(20)27-18(5-2)22-24-17-10-9-13(3)11-19(17)29(22)21(15)16/h6-12,14,23H,4-5H2,1-3H3. The maximum absolute atomic E-state index is 14.0. The summed E-state index contributed by atoms with van der Waals surface area (Å²) in [6, 6.07) is 12.1. The summed E-state index contributed by atoms with van der Waals surface area (Å²) in [6.07, 6.45) is 0.712. The van der Waals surface area contributed by atoms with Crippen LogP contribution in [-0.2, 0) is 6.42 Å². The van der Waals surface area contributed by atoms with E-state index in [0.29, 0.717) is 12.0 Å². The van der Waals surface area contributed by atoms with E-state index in [0.717, 1.165) is 50.3 Å². The SMILES string of the molecule is CCc1nn2cc2c2cccc(C(CC)C(F)F)c2n2c1bc1ccc(C)cc12. The first-order valence-corrected chi connectivity index (χ1v) is 10.2. The number of hydrogen-bond acceptors (Lipinski definition) is 1. The van der Waals surface area contributed by atoms with Crippen molar-refractivity contribution in [3.05, 3.63) is 59.4 Å². The summed E-state index contributed by atoms with van der Waals surface area (Å²) in [5.74, 6) is -0.811. The fourth-order valence-electron chi connectivity index (χ4n) is 4.41. The molecule has 0 fully saturated rings. The summed E-state index contributed by atoms with van der Waals surface area (Å²) in [4.78, 5) is 0. The van der Waals surface area contributed by atoms with E-state index in [4.69, 9.17) is 5.10 Å². The van der Waals surface area contributed by atoms with Crippen LogP contribution < -0.4 is 0 Å². The second kappa shape index (κ2) is 6.65. The van der Waals surface area contributed by atoms with Crippen LogP contribution in [0.25, 0.3) is 32.6 Å². The average Bonchev–Trinajstić information content (AvgIpc) is 3.36. The summed E-state index contributed by atoms with van der Waals surface area (Å²) in [5, 5.41) is 6.86. The quantitative estimate of drug-likeness (QED) is 0.377. The third kappa shape index (κ3) is 2.76. The zero-order chi connectivity index (χ0) is 20.3. The van der Waals surface area contributed by atoms with Gasteiger partial charge in [-0.1, -0.05) is 0 Å². The Morgan fingerprint density at radius 2 is 1.93 bits per heavy atom. The van der Waals surface area contributed by atoms with Crippen molar-refractivity contribution in [2.45, 2.75) is 46.0 Å². The summed E-state index contributed by atoms with van der Waals surface area (Å²) in [7, 11) is 0. The fraction of sp³-hybridized carbons (Fsp3) is 0.304. The number of aromatic nitrogens is 3. The van der Waals surface area contributed by atoms with Gasteiger partial charge in [0.05, 0.1) is 0 Å².